The second kappa shape index (κ2) is 15.8. The van der Waals surface area contributed by atoms with Crippen LogP contribution in [0.1, 0.15) is 64.7 Å². The average Bonchev–Trinajstić information content (AvgIpc) is 3.10. The summed E-state index contributed by atoms with van der Waals surface area (Å²) in [6.07, 6.45) is -3.85. The van der Waals surface area contributed by atoms with Crippen molar-refractivity contribution in [2.75, 3.05) is 26.4 Å². The largest absolute Gasteiger partial charge is 0.394 e. The summed E-state index contributed by atoms with van der Waals surface area (Å²) in [4.78, 5) is 0. The van der Waals surface area contributed by atoms with Crippen LogP contribution >= 0.6 is 0 Å². The molecule has 2 aliphatic heterocycles. The number of aliphatic hydroxyl groups excluding tert-OH is 8. The van der Waals surface area contributed by atoms with Crippen LogP contribution in [0.15, 0.2) is 0 Å². The van der Waals surface area contributed by atoms with Crippen LogP contribution in [-0.4, -0.2) is 128 Å². The molecule has 0 aliphatic carbocycles. The number of rotatable bonds is 17. The maximum Gasteiger partial charge on any atom is 0.224 e. The van der Waals surface area contributed by atoms with Gasteiger partial charge in [0.15, 0.2) is 6.29 Å². The van der Waals surface area contributed by atoms with E-state index in [9.17, 15) is 40.9 Å². The lowest BCUT2D eigenvalue weighted by molar-refractivity contribution is -0.385. The zero-order valence-corrected chi connectivity index (χ0v) is 21.1. The minimum absolute atomic E-state index is 0.119. The topological polar surface area (TPSA) is 199 Å². The molecule has 0 bridgehead atoms. The SMILES string of the molecule is CCCCCCCCCCC(O)COC[C@@]1(O[C@H]2O[C@H](CO)[C@@H](O)[C@H](O)[C@H]2O)O[C@H](CO)[C@@H](O)[C@@H]1O. The van der Waals surface area contributed by atoms with Crippen LogP contribution < -0.4 is 0 Å². The third kappa shape index (κ3) is 8.52. The molecule has 12 heteroatoms. The van der Waals surface area contributed by atoms with Crippen LogP contribution in [0.25, 0.3) is 0 Å². The summed E-state index contributed by atoms with van der Waals surface area (Å²) >= 11 is 0. The van der Waals surface area contributed by atoms with Crippen LogP contribution in [-0.2, 0) is 18.9 Å². The van der Waals surface area contributed by atoms with Crippen molar-refractivity contribution >= 4 is 0 Å². The van der Waals surface area contributed by atoms with E-state index in [1.54, 1.807) is 0 Å². The van der Waals surface area contributed by atoms with Gasteiger partial charge in [-0.3, -0.25) is 0 Å². The Balaban J connectivity index is 1.90. The van der Waals surface area contributed by atoms with E-state index < -0.39 is 80.7 Å². The lowest BCUT2D eigenvalue weighted by atomic mass is 9.99. The fraction of sp³-hybridized carbons (Fsp3) is 1.00. The molecule has 2 aliphatic rings. The van der Waals surface area contributed by atoms with Gasteiger partial charge < -0.3 is 59.8 Å². The fourth-order valence-corrected chi connectivity index (χ4v) is 4.55. The van der Waals surface area contributed by atoms with Gasteiger partial charge in [0.05, 0.1) is 25.9 Å². The Morgan fingerprint density at radius 2 is 1.39 bits per heavy atom. The van der Waals surface area contributed by atoms with Crippen molar-refractivity contribution in [1.82, 2.24) is 0 Å². The second-order valence-electron chi connectivity index (χ2n) is 9.83. The Bertz CT molecular complexity index is 595. The van der Waals surface area contributed by atoms with Gasteiger partial charge in [0, 0.05) is 0 Å². The molecular formula is C24H46O12. The highest BCUT2D eigenvalue weighted by Crippen LogP contribution is 2.36. The molecule has 2 fully saturated rings. The van der Waals surface area contributed by atoms with Gasteiger partial charge in [-0.1, -0.05) is 58.3 Å². The Hall–Kier alpha value is -0.480. The summed E-state index contributed by atoms with van der Waals surface area (Å²) in [6.45, 7) is 0.209. The van der Waals surface area contributed by atoms with Gasteiger partial charge in [0.2, 0.25) is 5.79 Å². The minimum atomic E-state index is -2.13. The average molecular weight is 527 g/mol. The molecular weight excluding hydrogens is 480 g/mol. The van der Waals surface area contributed by atoms with Gasteiger partial charge in [-0.15, -0.1) is 0 Å². The summed E-state index contributed by atoms with van der Waals surface area (Å²) in [5.41, 5.74) is 0. The lowest BCUT2D eigenvalue weighted by Crippen LogP contribution is -2.62. The van der Waals surface area contributed by atoms with Gasteiger partial charge in [0.25, 0.3) is 0 Å². The first-order valence-electron chi connectivity index (χ1n) is 13.1. The van der Waals surface area contributed by atoms with Crippen molar-refractivity contribution in [1.29, 1.82) is 0 Å². The van der Waals surface area contributed by atoms with E-state index in [0.717, 1.165) is 19.3 Å². The number of unbranched alkanes of at least 4 members (excludes halogenated alkanes) is 7. The van der Waals surface area contributed by atoms with E-state index in [4.69, 9.17) is 18.9 Å². The van der Waals surface area contributed by atoms with E-state index in [1.165, 1.54) is 32.1 Å². The summed E-state index contributed by atoms with van der Waals surface area (Å²) in [5, 5.41) is 80.4. The van der Waals surface area contributed by atoms with Crippen molar-refractivity contribution in [2.24, 2.45) is 0 Å². The molecule has 0 saturated carbocycles. The fourth-order valence-electron chi connectivity index (χ4n) is 4.55. The van der Waals surface area contributed by atoms with Crippen LogP contribution in [0.3, 0.4) is 0 Å². The van der Waals surface area contributed by atoms with E-state index in [-0.39, 0.29) is 6.61 Å². The maximum absolute atomic E-state index is 10.7. The van der Waals surface area contributed by atoms with Crippen molar-refractivity contribution < 1.29 is 59.8 Å². The predicted molar refractivity (Wildman–Crippen MR) is 126 cm³/mol. The van der Waals surface area contributed by atoms with Gasteiger partial charge >= 0.3 is 0 Å². The van der Waals surface area contributed by atoms with Crippen molar-refractivity contribution in [2.45, 2.75) is 126 Å². The van der Waals surface area contributed by atoms with E-state index in [0.29, 0.717) is 6.42 Å². The number of hydrogen-bond acceptors (Lipinski definition) is 12. The van der Waals surface area contributed by atoms with Crippen LogP contribution in [0.5, 0.6) is 0 Å². The number of ether oxygens (including phenoxy) is 4. The third-order valence-corrected chi connectivity index (χ3v) is 6.85. The van der Waals surface area contributed by atoms with Gasteiger partial charge in [-0.05, 0) is 6.42 Å². The molecule has 0 aromatic carbocycles. The predicted octanol–water partition coefficient (Wildman–Crippen LogP) is -1.48. The highest BCUT2D eigenvalue weighted by atomic mass is 16.8. The van der Waals surface area contributed by atoms with Crippen molar-refractivity contribution in [3.05, 3.63) is 0 Å². The summed E-state index contributed by atoms with van der Waals surface area (Å²) < 4.78 is 22.1. The quantitative estimate of drug-likeness (QED) is 0.102. The molecule has 1 unspecified atom stereocenters. The summed E-state index contributed by atoms with van der Waals surface area (Å²) in [5.74, 6) is -2.13. The molecule has 10 atom stereocenters. The summed E-state index contributed by atoms with van der Waals surface area (Å²) in [7, 11) is 0. The Kier molecular flexibility index (Phi) is 13.9. The molecule has 2 rings (SSSR count). The Morgan fingerprint density at radius 1 is 0.778 bits per heavy atom. The molecule has 8 N–H and O–H groups in total. The zero-order valence-electron chi connectivity index (χ0n) is 21.1. The second-order valence-corrected chi connectivity index (χ2v) is 9.83. The number of hydrogen-bond donors (Lipinski definition) is 8. The third-order valence-electron chi connectivity index (χ3n) is 6.85. The Morgan fingerprint density at radius 3 is 1.97 bits per heavy atom. The van der Waals surface area contributed by atoms with E-state index in [1.807, 2.05) is 0 Å². The van der Waals surface area contributed by atoms with Gasteiger partial charge in [0.1, 0.15) is 49.3 Å². The molecule has 0 aromatic heterocycles. The smallest absolute Gasteiger partial charge is 0.224 e. The van der Waals surface area contributed by atoms with E-state index in [2.05, 4.69) is 6.92 Å². The Labute approximate surface area is 212 Å². The monoisotopic (exact) mass is 526 g/mol. The molecule has 12 nitrogen and oxygen atoms in total. The molecule has 0 spiro atoms. The van der Waals surface area contributed by atoms with Crippen LogP contribution in [0, 0.1) is 0 Å². The normalized spacial score (nSPS) is 37.9. The first-order valence-corrected chi connectivity index (χ1v) is 13.1. The lowest BCUT2D eigenvalue weighted by Gasteiger charge is -2.43. The molecule has 0 aromatic rings. The highest BCUT2D eigenvalue weighted by molar-refractivity contribution is 4.98. The molecule has 0 amide bonds. The van der Waals surface area contributed by atoms with Gasteiger partial charge in [-0.25, -0.2) is 0 Å². The van der Waals surface area contributed by atoms with Crippen LogP contribution in [0.2, 0.25) is 0 Å². The van der Waals surface area contributed by atoms with E-state index >= 15 is 0 Å². The first-order chi connectivity index (χ1) is 17.2. The van der Waals surface area contributed by atoms with Crippen LogP contribution in [0.4, 0.5) is 0 Å². The highest BCUT2D eigenvalue weighted by Gasteiger charge is 2.58. The van der Waals surface area contributed by atoms with Crippen molar-refractivity contribution in [3.63, 3.8) is 0 Å². The molecule has 214 valence electrons. The zero-order chi connectivity index (χ0) is 26.7. The first kappa shape index (κ1) is 31.7. The molecule has 2 saturated heterocycles. The minimum Gasteiger partial charge on any atom is -0.394 e. The summed E-state index contributed by atoms with van der Waals surface area (Å²) in [6, 6.07) is 0. The molecule has 36 heavy (non-hydrogen) atoms. The van der Waals surface area contributed by atoms with Gasteiger partial charge in [-0.2, -0.15) is 0 Å². The molecule has 2 heterocycles. The van der Waals surface area contributed by atoms with Crippen molar-refractivity contribution in [3.8, 4) is 0 Å². The standard InChI is InChI=1S/C24H46O12/c1-2-3-4-5-6-7-8-9-10-15(27)13-33-14-24(22(32)19(29)17(12-26)35-24)36-23-21(31)20(30)18(28)16(11-25)34-23/h15-23,25-32H,2-14H2,1H3/t15?,16-,17-,18-,19-,20+,21-,22+,23-,24+/m1/s1. The number of aliphatic hydroxyl groups is 8. The maximum atomic E-state index is 10.7. The molecule has 0 radical (unpaired) electrons.